The van der Waals surface area contributed by atoms with Crippen molar-refractivity contribution < 1.29 is 5.02 Å². The average molecular weight is 211 g/mol. The molecule has 2 nitrogen and oxygen atoms in total. The second-order valence-electron chi connectivity index (χ2n) is 5.58. The molecule has 1 saturated carbocycles. The minimum absolute atomic E-state index is 0.107. The zero-order valence-corrected chi connectivity index (χ0v) is 10.6. The molecule has 15 heavy (non-hydrogen) atoms. The second kappa shape index (κ2) is 6.54. The molecule has 1 aliphatic carbocycles. The first kappa shape index (κ1) is 13.1. The van der Waals surface area contributed by atoms with Crippen LogP contribution in [0.5, 0.6) is 0 Å². The first-order valence-corrected chi connectivity index (χ1v) is 6.40. The van der Waals surface area contributed by atoms with Crippen molar-refractivity contribution in [1.82, 2.24) is 4.90 Å². The Balaban J connectivity index is 2.12. The fourth-order valence-corrected chi connectivity index (χ4v) is 2.70. The standard InChI is InChI=1S/C12H26BNO/c1-13(15)9-8-11-4-6-12(7-5-11)10-14(2)3/h11-12,15H,4-10H2,1-3H3. The molecule has 0 heterocycles. The molecule has 1 N–H and O–H groups in total. The van der Waals surface area contributed by atoms with Crippen molar-refractivity contribution in [2.45, 2.75) is 45.2 Å². The topological polar surface area (TPSA) is 23.5 Å². The van der Waals surface area contributed by atoms with Gasteiger partial charge in [-0.15, -0.1) is 0 Å². The summed E-state index contributed by atoms with van der Waals surface area (Å²) in [6.07, 6.45) is 7.76. The molecule has 1 rings (SSSR count). The van der Waals surface area contributed by atoms with Gasteiger partial charge < -0.3 is 9.92 Å². The molecule has 0 aromatic carbocycles. The molecule has 1 fully saturated rings. The molecule has 0 amide bonds. The summed E-state index contributed by atoms with van der Waals surface area (Å²) in [5.74, 6) is 1.81. The first-order valence-electron chi connectivity index (χ1n) is 6.40. The number of rotatable bonds is 5. The quantitative estimate of drug-likeness (QED) is 0.705. The highest BCUT2D eigenvalue weighted by Crippen LogP contribution is 2.32. The Hall–Kier alpha value is -0.0151. The van der Waals surface area contributed by atoms with Gasteiger partial charge in [0.1, 0.15) is 0 Å². The highest BCUT2D eigenvalue weighted by molar-refractivity contribution is 6.48. The zero-order chi connectivity index (χ0) is 11.3. The normalized spacial score (nSPS) is 27.0. The SMILES string of the molecule is CB(O)CCC1CCC(CN(C)C)CC1. The van der Waals surface area contributed by atoms with E-state index in [1.165, 1.54) is 38.6 Å². The van der Waals surface area contributed by atoms with Crippen LogP contribution in [0.1, 0.15) is 32.1 Å². The molecular weight excluding hydrogens is 185 g/mol. The smallest absolute Gasteiger partial charge is 0.285 e. The lowest BCUT2D eigenvalue weighted by Gasteiger charge is -2.30. The van der Waals surface area contributed by atoms with Crippen molar-refractivity contribution in [2.75, 3.05) is 20.6 Å². The van der Waals surface area contributed by atoms with Gasteiger partial charge in [-0.1, -0.05) is 26.1 Å². The average Bonchev–Trinajstić information content (AvgIpc) is 2.16. The molecule has 0 saturated heterocycles. The van der Waals surface area contributed by atoms with Crippen LogP contribution in [0.15, 0.2) is 0 Å². The maximum absolute atomic E-state index is 9.25. The van der Waals surface area contributed by atoms with E-state index in [0.717, 1.165) is 18.2 Å². The van der Waals surface area contributed by atoms with Crippen LogP contribution < -0.4 is 0 Å². The van der Waals surface area contributed by atoms with E-state index in [9.17, 15) is 5.02 Å². The molecule has 0 bridgehead atoms. The third kappa shape index (κ3) is 5.57. The third-order valence-electron chi connectivity index (χ3n) is 3.58. The molecule has 3 heteroatoms. The minimum Gasteiger partial charge on any atom is -0.451 e. The lowest BCUT2D eigenvalue weighted by molar-refractivity contribution is 0.219. The first-order chi connectivity index (χ1) is 7.08. The maximum atomic E-state index is 9.25. The van der Waals surface area contributed by atoms with Gasteiger partial charge in [0.2, 0.25) is 0 Å². The van der Waals surface area contributed by atoms with Crippen LogP contribution in [0, 0.1) is 11.8 Å². The van der Waals surface area contributed by atoms with Gasteiger partial charge in [0.05, 0.1) is 0 Å². The molecule has 0 aliphatic heterocycles. The Morgan fingerprint density at radius 2 is 1.67 bits per heavy atom. The molecule has 0 atom stereocenters. The highest BCUT2D eigenvalue weighted by atomic mass is 16.2. The Morgan fingerprint density at radius 3 is 2.13 bits per heavy atom. The van der Waals surface area contributed by atoms with Crippen LogP contribution in [0.4, 0.5) is 0 Å². The van der Waals surface area contributed by atoms with E-state index >= 15 is 0 Å². The number of nitrogens with zero attached hydrogens (tertiary/aromatic N) is 1. The van der Waals surface area contributed by atoms with E-state index in [2.05, 4.69) is 19.0 Å². The van der Waals surface area contributed by atoms with E-state index in [0.29, 0.717) is 0 Å². The molecule has 0 aromatic heterocycles. The Kier molecular flexibility index (Phi) is 5.69. The van der Waals surface area contributed by atoms with Gasteiger partial charge in [-0.3, -0.25) is 0 Å². The summed E-state index contributed by atoms with van der Waals surface area (Å²) < 4.78 is 0. The Bertz CT molecular complexity index is 165. The molecule has 0 spiro atoms. The van der Waals surface area contributed by atoms with Crippen LogP contribution >= 0.6 is 0 Å². The Labute approximate surface area is 95.2 Å². The number of hydrogen-bond donors (Lipinski definition) is 1. The van der Waals surface area contributed by atoms with E-state index in [1.807, 2.05) is 6.82 Å². The fraction of sp³-hybridized carbons (Fsp3) is 1.00. The lowest BCUT2D eigenvalue weighted by atomic mass is 9.64. The summed E-state index contributed by atoms with van der Waals surface area (Å²) >= 11 is 0. The summed E-state index contributed by atoms with van der Waals surface area (Å²) in [5, 5.41) is 9.25. The van der Waals surface area contributed by atoms with Crippen molar-refractivity contribution in [3.63, 3.8) is 0 Å². The van der Waals surface area contributed by atoms with Gasteiger partial charge in [0.25, 0.3) is 6.92 Å². The van der Waals surface area contributed by atoms with Crippen LogP contribution in [-0.2, 0) is 0 Å². The summed E-state index contributed by atoms with van der Waals surface area (Å²) in [7, 11) is 4.33. The maximum Gasteiger partial charge on any atom is 0.285 e. The summed E-state index contributed by atoms with van der Waals surface area (Å²) in [6, 6.07) is 0. The molecular formula is C12H26BNO. The van der Waals surface area contributed by atoms with Crippen LogP contribution in [0.25, 0.3) is 0 Å². The molecule has 88 valence electrons. The van der Waals surface area contributed by atoms with Crippen LogP contribution in [0.3, 0.4) is 0 Å². The summed E-state index contributed by atoms with van der Waals surface area (Å²) in [5.41, 5.74) is 0. The van der Waals surface area contributed by atoms with Gasteiger partial charge in [0, 0.05) is 6.54 Å². The lowest BCUT2D eigenvalue weighted by Crippen LogP contribution is -2.26. The number of hydrogen-bond acceptors (Lipinski definition) is 2. The molecule has 0 radical (unpaired) electrons. The summed E-state index contributed by atoms with van der Waals surface area (Å²) in [6.45, 7) is 3.05. The van der Waals surface area contributed by atoms with Gasteiger partial charge in [-0.25, -0.2) is 0 Å². The zero-order valence-electron chi connectivity index (χ0n) is 10.6. The van der Waals surface area contributed by atoms with Crippen molar-refractivity contribution >= 4 is 6.92 Å². The predicted octanol–water partition coefficient (Wildman–Crippen LogP) is 2.36. The van der Waals surface area contributed by atoms with E-state index in [4.69, 9.17) is 0 Å². The largest absolute Gasteiger partial charge is 0.451 e. The Morgan fingerprint density at radius 1 is 1.13 bits per heavy atom. The van der Waals surface area contributed by atoms with E-state index in [-0.39, 0.29) is 6.92 Å². The fourth-order valence-electron chi connectivity index (χ4n) is 2.70. The second-order valence-corrected chi connectivity index (χ2v) is 5.58. The van der Waals surface area contributed by atoms with E-state index < -0.39 is 0 Å². The van der Waals surface area contributed by atoms with Gasteiger partial charge >= 0.3 is 0 Å². The molecule has 0 unspecified atom stereocenters. The molecule has 0 aromatic rings. The molecule has 1 aliphatic rings. The van der Waals surface area contributed by atoms with Crippen LogP contribution in [-0.4, -0.2) is 37.5 Å². The van der Waals surface area contributed by atoms with Gasteiger partial charge in [-0.05, 0) is 45.1 Å². The highest BCUT2D eigenvalue weighted by Gasteiger charge is 2.21. The van der Waals surface area contributed by atoms with Crippen molar-refractivity contribution in [3.8, 4) is 0 Å². The minimum atomic E-state index is -0.107. The predicted molar refractivity (Wildman–Crippen MR) is 67.3 cm³/mol. The van der Waals surface area contributed by atoms with Crippen LogP contribution in [0.2, 0.25) is 13.1 Å². The van der Waals surface area contributed by atoms with Gasteiger partial charge in [-0.2, -0.15) is 0 Å². The third-order valence-corrected chi connectivity index (χ3v) is 3.58. The van der Waals surface area contributed by atoms with Crippen molar-refractivity contribution in [1.29, 1.82) is 0 Å². The van der Waals surface area contributed by atoms with Crippen molar-refractivity contribution in [3.05, 3.63) is 0 Å². The van der Waals surface area contributed by atoms with E-state index in [1.54, 1.807) is 0 Å². The van der Waals surface area contributed by atoms with Crippen molar-refractivity contribution in [2.24, 2.45) is 11.8 Å². The van der Waals surface area contributed by atoms with Gasteiger partial charge in [0.15, 0.2) is 0 Å². The summed E-state index contributed by atoms with van der Waals surface area (Å²) in [4.78, 5) is 2.31. The monoisotopic (exact) mass is 211 g/mol.